The molecule has 0 aliphatic carbocycles. The van der Waals surface area contributed by atoms with Gasteiger partial charge in [0.1, 0.15) is 0 Å². The lowest BCUT2D eigenvalue weighted by atomic mass is 9.99. The number of fused-ring (bicyclic) bond motifs is 3. The summed E-state index contributed by atoms with van der Waals surface area (Å²) in [5, 5.41) is 17.2. The predicted octanol–water partition coefficient (Wildman–Crippen LogP) is 4.95. The molecule has 3 heteroatoms. The molecule has 2 nitrogen and oxygen atoms in total. The van der Waals surface area contributed by atoms with Crippen molar-refractivity contribution >= 4 is 28.1 Å². The van der Waals surface area contributed by atoms with Crippen molar-refractivity contribution in [3.63, 3.8) is 0 Å². The van der Waals surface area contributed by atoms with Crippen molar-refractivity contribution in [1.82, 2.24) is 0 Å². The number of hydrogen-bond acceptors (Lipinski definition) is 2. The number of aliphatic hydroxyl groups is 1. The summed E-state index contributed by atoms with van der Waals surface area (Å²) in [6.45, 7) is 0. The van der Waals surface area contributed by atoms with E-state index in [-0.39, 0.29) is 12.1 Å². The van der Waals surface area contributed by atoms with Crippen molar-refractivity contribution in [2.75, 3.05) is 5.32 Å². The van der Waals surface area contributed by atoms with Gasteiger partial charge in [-0.1, -0.05) is 60.1 Å². The number of anilines is 1. The van der Waals surface area contributed by atoms with Gasteiger partial charge in [-0.3, -0.25) is 0 Å². The fourth-order valence-electron chi connectivity index (χ4n) is 3.41. The van der Waals surface area contributed by atoms with Crippen LogP contribution in [0.3, 0.4) is 0 Å². The minimum Gasteiger partial charge on any atom is -0.393 e. The van der Waals surface area contributed by atoms with E-state index in [9.17, 15) is 5.11 Å². The highest BCUT2D eigenvalue weighted by Crippen LogP contribution is 2.36. The SMILES string of the molecule is O[C@@H]1Cc2ccc3ccccc3c2N[C@H](c2ccc(Cl)cc2)C1. The second kappa shape index (κ2) is 5.88. The summed E-state index contributed by atoms with van der Waals surface area (Å²) < 4.78 is 0. The zero-order valence-corrected chi connectivity index (χ0v) is 13.4. The van der Waals surface area contributed by atoms with Gasteiger partial charge in [-0.25, -0.2) is 0 Å². The largest absolute Gasteiger partial charge is 0.393 e. The Bertz CT molecular complexity index is 844. The predicted molar refractivity (Wildman–Crippen MR) is 96.1 cm³/mol. The van der Waals surface area contributed by atoms with Gasteiger partial charge < -0.3 is 10.4 Å². The Balaban J connectivity index is 1.81. The summed E-state index contributed by atoms with van der Waals surface area (Å²) in [6, 6.07) is 20.6. The van der Waals surface area contributed by atoms with Crippen LogP contribution in [0.1, 0.15) is 23.6 Å². The molecule has 1 aliphatic heterocycles. The van der Waals surface area contributed by atoms with Crippen molar-refractivity contribution in [2.24, 2.45) is 0 Å². The molecule has 0 bridgehead atoms. The molecule has 116 valence electrons. The molecule has 0 amide bonds. The first kappa shape index (κ1) is 14.6. The third-order valence-electron chi connectivity index (χ3n) is 4.57. The molecule has 0 saturated carbocycles. The average molecular weight is 324 g/mol. The standard InChI is InChI=1S/C20H18ClNO/c21-16-9-7-14(8-10-16)19-12-17(23)11-15-6-5-13-3-1-2-4-18(13)20(15)22-19/h1-10,17,19,22-23H,11-12H2/t17-,19+/m1/s1. The molecule has 3 aromatic rings. The minimum absolute atomic E-state index is 0.0781. The van der Waals surface area contributed by atoms with Gasteiger partial charge in [0.2, 0.25) is 0 Å². The Kier molecular flexibility index (Phi) is 3.72. The van der Waals surface area contributed by atoms with Crippen molar-refractivity contribution < 1.29 is 5.11 Å². The molecular formula is C20H18ClNO. The van der Waals surface area contributed by atoms with Gasteiger partial charge in [0.05, 0.1) is 12.1 Å². The molecule has 4 rings (SSSR count). The maximum Gasteiger partial charge on any atom is 0.0604 e. The molecule has 2 atom stereocenters. The highest BCUT2D eigenvalue weighted by molar-refractivity contribution is 6.30. The van der Waals surface area contributed by atoms with Crippen molar-refractivity contribution in [3.05, 3.63) is 76.8 Å². The Morgan fingerprint density at radius 3 is 2.57 bits per heavy atom. The normalized spacial score (nSPS) is 20.6. The summed E-state index contributed by atoms with van der Waals surface area (Å²) in [4.78, 5) is 0. The summed E-state index contributed by atoms with van der Waals surface area (Å²) >= 11 is 6.00. The van der Waals surface area contributed by atoms with Gasteiger partial charge in [0, 0.05) is 22.5 Å². The van der Waals surface area contributed by atoms with Crippen LogP contribution >= 0.6 is 11.6 Å². The van der Waals surface area contributed by atoms with Crippen LogP contribution < -0.4 is 5.32 Å². The van der Waals surface area contributed by atoms with Gasteiger partial charge in [0.25, 0.3) is 0 Å². The van der Waals surface area contributed by atoms with E-state index in [2.05, 4.69) is 41.7 Å². The molecule has 3 aromatic carbocycles. The first-order valence-corrected chi connectivity index (χ1v) is 8.29. The molecular weight excluding hydrogens is 306 g/mol. The van der Waals surface area contributed by atoms with Gasteiger partial charge in [0.15, 0.2) is 0 Å². The molecule has 23 heavy (non-hydrogen) atoms. The summed E-state index contributed by atoms with van der Waals surface area (Å²) in [6.07, 6.45) is 1.01. The first-order valence-electron chi connectivity index (χ1n) is 7.91. The van der Waals surface area contributed by atoms with Crippen molar-refractivity contribution in [3.8, 4) is 0 Å². The smallest absolute Gasteiger partial charge is 0.0604 e. The summed E-state index contributed by atoms with van der Waals surface area (Å²) in [5.74, 6) is 0. The van der Waals surface area contributed by atoms with Crippen LogP contribution in [0.5, 0.6) is 0 Å². The quantitative estimate of drug-likeness (QED) is 0.664. The van der Waals surface area contributed by atoms with E-state index in [1.54, 1.807) is 0 Å². The van der Waals surface area contributed by atoms with Crippen LogP contribution in [-0.2, 0) is 6.42 Å². The fourth-order valence-corrected chi connectivity index (χ4v) is 3.54. The summed E-state index contributed by atoms with van der Waals surface area (Å²) in [7, 11) is 0. The van der Waals surface area contributed by atoms with Crippen LogP contribution in [0.15, 0.2) is 60.7 Å². The van der Waals surface area contributed by atoms with E-state index in [4.69, 9.17) is 11.6 Å². The Labute approximate surface area is 140 Å². The number of hydrogen-bond donors (Lipinski definition) is 2. The Morgan fingerprint density at radius 1 is 0.957 bits per heavy atom. The fraction of sp³-hybridized carbons (Fsp3) is 0.200. The van der Waals surface area contributed by atoms with E-state index in [0.717, 1.165) is 16.3 Å². The maximum atomic E-state index is 10.4. The number of benzene rings is 3. The zero-order chi connectivity index (χ0) is 15.8. The van der Waals surface area contributed by atoms with E-state index < -0.39 is 0 Å². The molecule has 0 spiro atoms. The third-order valence-corrected chi connectivity index (χ3v) is 4.82. The Hall–Kier alpha value is -2.03. The highest BCUT2D eigenvalue weighted by Gasteiger charge is 2.24. The lowest BCUT2D eigenvalue weighted by molar-refractivity contribution is 0.161. The second-order valence-corrected chi connectivity index (χ2v) is 6.60. The molecule has 0 fully saturated rings. The van der Waals surface area contributed by atoms with Gasteiger partial charge >= 0.3 is 0 Å². The molecule has 0 aromatic heterocycles. The zero-order valence-electron chi connectivity index (χ0n) is 12.7. The molecule has 1 aliphatic rings. The maximum absolute atomic E-state index is 10.4. The molecule has 0 unspecified atom stereocenters. The van der Waals surface area contributed by atoms with Crippen molar-refractivity contribution in [1.29, 1.82) is 0 Å². The lowest BCUT2D eigenvalue weighted by Crippen LogP contribution is -2.16. The van der Waals surface area contributed by atoms with Gasteiger partial charge in [-0.2, -0.15) is 0 Å². The topological polar surface area (TPSA) is 32.3 Å². The van der Waals surface area contributed by atoms with Crippen LogP contribution in [0, 0.1) is 0 Å². The van der Waals surface area contributed by atoms with Gasteiger partial charge in [-0.05, 0) is 35.1 Å². The molecule has 1 heterocycles. The van der Waals surface area contributed by atoms with Crippen LogP contribution in [0.4, 0.5) is 5.69 Å². The van der Waals surface area contributed by atoms with Crippen LogP contribution in [0.2, 0.25) is 5.02 Å². The second-order valence-electron chi connectivity index (χ2n) is 6.16. The third kappa shape index (κ3) is 2.80. The molecule has 0 saturated heterocycles. The molecule has 2 N–H and O–H groups in total. The number of halogens is 1. The van der Waals surface area contributed by atoms with E-state index in [0.29, 0.717) is 12.8 Å². The number of aliphatic hydroxyl groups excluding tert-OH is 1. The lowest BCUT2D eigenvalue weighted by Gasteiger charge is -2.21. The first-order chi connectivity index (χ1) is 11.2. The van der Waals surface area contributed by atoms with E-state index in [1.807, 2.05) is 24.3 Å². The van der Waals surface area contributed by atoms with Crippen LogP contribution in [0.25, 0.3) is 10.8 Å². The Morgan fingerprint density at radius 2 is 1.74 bits per heavy atom. The number of nitrogens with one attached hydrogen (secondary N) is 1. The molecule has 0 radical (unpaired) electrons. The van der Waals surface area contributed by atoms with Gasteiger partial charge in [-0.15, -0.1) is 0 Å². The highest BCUT2D eigenvalue weighted by atomic mass is 35.5. The van der Waals surface area contributed by atoms with Crippen LogP contribution in [-0.4, -0.2) is 11.2 Å². The average Bonchev–Trinajstić information content (AvgIpc) is 2.74. The van der Waals surface area contributed by atoms with Crippen molar-refractivity contribution in [2.45, 2.75) is 25.0 Å². The summed E-state index contributed by atoms with van der Waals surface area (Å²) in [5.41, 5.74) is 3.46. The number of rotatable bonds is 1. The van der Waals surface area contributed by atoms with E-state index in [1.165, 1.54) is 16.3 Å². The monoisotopic (exact) mass is 323 g/mol. The van der Waals surface area contributed by atoms with E-state index >= 15 is 0 Å². The minimum atomic E-state index is -0.356.